The second-order valence-corrected chi connectivity index (χ2v) is 7.95. The summed E-state index contributed by atoms with van der Waals surface area (Å²) in [7, 11) is 0. The van der Waals surface area contributed by atoms with E-state index in [0.29, 0.717) is 12.1 Å². The average molecular weight is 519 g/mol. The Morgan fingerprint density at radius 2 is 1.70 bits per heavy atom. The summed E-state index contributed by atoms with van der Waals surface area (Å²) in [6.07, 6.45) is -2.22. The van der Waals surface area contributed by atoms with Gasteiger partial charge in [0, 0.05) is 17.8 Å². The molecule has 0 saturated heterocycles. The minimum Gasteiger partial charge on any atom is -0.367 e. The predicted octanol–water partition coefficient (Wildman–Crippen LogP) is 4.58. The molecule has 0 aliphatic heterocycles. The zero-order valence-electron chi connectivity index (χ0n) is 16.2. The van der Waals surface area contributed by atoms with Crippen LogP contribution >= 0.6 is 35.7 Å². The molecule has 0 bridgehead atoms. The van der Waals surface area contributed by atoms with Crippen molar-refractivity contribution in [2.75, 3.05) is 26.0 Å². The van der Waals surface area contributed by atoms with E-state index < -0.39 is 12.8 Å². The van der Waals surface area contributed by atoms with Gasteiger partial charge in [-0.3, -0.25) is 0 Å². The van der Waals surface area contributed by atoms with E-state index in [1.165, 1.54) is 0 Å². The lowest BCUT2D eigenvalue weighted by molar-refractivity contribution is -0.176. The first-order valence-electron chi connectivity index (χ1n) is 8.45. The minimum absolute atomic E-state index is 0. The Morgan fingerprint density at radius 3 is 2.22 bits per heavy atom. The van der Waals surface area contributed by atoms with Gasteiger partial charge in [0.1, 0.15) is 6.61 Å². The number of hydrogen-bond acceptors (Lipinski definition) is 3. The van der Waals surface area contributed by atoms with Crippen LogP contribution in [0.5, 0.6) is 0 Å². The Hall–Kier alpha value is -0.680. The van der Waals surface area contributed by atoms with Gasteiger partial charge >= 0.3 is 6.18 Å². The van der Waals surface area contributed by atoms with Gasteiger partial charge in [0.2, 0.25) is 0 Å². The van der Waals surface area contributed by atoms with Crippen molar-refractivity contribution in [2.24, 2.45) is 4.99 Å². The fraction of sp³-hybridized carbons (Fsp3) is 0.611. The summed E-state index contributed by atoms with van der Waals surface area (Å²) in [4.78, 5) is 4.55. The van der Waals surface area contributed by atoms with Gasteiger partial charge in [0.25, 0.3) is 0 Å². The lowest BCUT2D eigenvalue weighted by Gasteiger charge is -2.23. The first-order valence-corrected chi connectivity index (χ1v) is 9.67. The number of guanidine groups is 1. The van der Waals surface area contributed by atoms with Crippen molar-refractivity contribution in [1.29, 1.82) is 0 Å². The van der Waals surface area contributed by atoms with Gasteiger partial charge in [-0.05, 0) is 38.2 Å². The Kier molecular flexibility index (Phi) is 12.4. The molecule has 156 valence electrons. The zero-order chi connectivity index (χ0) is 19.6. The van der Waals surface area contributed by atoms with Crippen molar-refractivity contribution in [3.8, 4) is 0 Å². The van der Waals surface area contributed by atoms with E-state index in [-0.39, 0.29) is 35.3 Å². The van der Waals surface area contributed by atoms with Crippen molar-refractivity contribution >= 4 is 41.7 Å². The van der Waals surface area contributed by atoms with Crippen molar-refractivity contribution < 1.29 is 17.9 Å². The van der Waals surface area contributed by atoms with Crippen LogP contribution < -0.4 is 10.6 Å². The van der Waals surface area contributed by atoms with E-state index in [2.05, 4.69) is 40.5 Å². The average Bonchev–Trinajstić information content (AvgIpc) is 2.57. The fourth-order valence-electron chi connectivity index (χ4n) is 1.91. The van der Waals surface area contributed by atoms with Crippen LogP contribution in [-0.4, -0.2) is 42.8 Å². The predicted molar refractivity (Wildman–Crippen MR) is 118 cm³/mol. The van der Waals surface area contributed by atoms with Crippen LogP contribution in [0.3, 0.4) is 0 Å². The molecule has 1 aromatic rings. The Bertz CT molecular complexity index is 566. The summed E-state index contributed by atoms with van der Waals surface area (Å²) in [6.45, 7) is 7.07. The maximum absolute atomic E-state index is 12.1. The molecule has 0 unspecified atom stereocenters. The molecule has 0 amide bonds. The highest BCUT2D eigenvalue weighted by Crippen LogP contribution is 2.19. The van der Waals surface area contributed by atoms with Gasteiger partial charge in [-0.2, -0.15) is 24.9 Å². The molecule has 0 atom stereocenters. The summed E-state index contributed by atoms with van der Waals surface area (Å²) in [5.74, 6) is 0.743. The number of thioether (sulfide) groups is 1. The number of nitrogens with zero attached hydrogens (tertiary/aromatic N) is 1. The Balaban J connectivity index is 0.00000676. The smallest absolute Gasteiger partial charge is 0.367 e. The number of ether oxygens (including phenoxy) is 1. The molecule has 0 saturated carbocycles. The highest BCUT2D eigenvalue weighted by atomic mass is 127. The standard InChI is InChI=1S/C18H28F3N3OS.HI/c1-5-22-16(24-12-17(2,3)26-4)23-10-14-6-8-15(9-7-14)11-25-13-18(19,20)21;/h6-9H,5,10-13H2,1-4H3,(H2,22,23,24);1H. The second-order valence-electron chi connectivity index (χ2n) is 6.44. The summed E-state index contributed by atoms with van der Waals surface area (Å²) in [5, 5.41) is 6.53. The van der Waals surface area contributed by atoms with Gasteiger partial charge in [-0.15, -0.1) is 24.0 Å². The molecular weight excluding hydrogens is 490 g/mol. The van der Waals surface area contributed by atoms with Crippen LogP contribution in [0.4, 0.5) is 13.2 Å². The number of aliphatic imine (C=N–C) groups is 1. The monoisotopic (exact) mass is 519 g/mol. The highest BCUT2D eigenvalue weighted by Gasteiger charge is 2.27. The maximum Gasteiger partial charge on any atom is 0.411 e. The molecule has 0 radical (unpaired) electrons. The third-order valence-corrected chi connectivity index (χ3v) is 4.81. The van der Waals surface area contributed by atoms with E-state index >= 15 is 0 Å². The molecule has 1 aromatic carbocycles. The molecule has 2 N–H and O–H groups in total. The first kappa shape index (κ1) is 26.3. The van der Waals surface area contributed by atoms with Crippen molar-refractivity contribution in [1.82, 2.24) is 10.6 Å². The van der Waals surface area contributed by atoms with E-state index in [4.69, 9.17) is 0 Å². The van der Waals surface area contributed by atoms with Crippen LogP contribution in [0.15, 0.2) is 29.3 Å². The van der Waals surface area contributed by atoms with Crippen molar-refractivity contribution in [2.45, 2.75) is 44.8 Å². The third-order valence-electron chi connectivity index (χ3n) is 3.56. The molecule has 0 aliphatic carbocycles. The number of rotatable bonds is 9. The topological polar surface area (TPSA) is 45.7 Å². The van der Waals surface area contributed by atoms with Crippen LogP contribution in [0.1, 0.15) is 31.9 Å². The number of hydrogen-bond donors (Lipinski definition) is 2. The number of nitrogens with one attached hydrogen (secondary N) is 2. The van der Waals surface area contributed by atoms with Crippen LogP contribution in [0, 0.1) is 0 Å². The van der Waals surface area contributed by atoms with Gasteiger partial charge in [0.15, 0.2) is 5.96 Å². The molecule has 4 nitrogen and oxygen atoms in total. The lowest BCUT2D eigenvalue weighted by atomic mass is 10.1. The molecular formula is C18H29F3IN3OS. The van der Waals surface area contributed by atoms with Gasteiger partial charge in [0.05, 0.1) is 13.2 Å². The van der Waals surface area contributed by atoms with E-state index in [9.17, 15) is 13.2 Å². The molecule has 0 spiro atoms. The molecule has 0 aromatic heterocycles. The highest BCUT2D eigenvalue weighted by molar-refractivity contribution is 14.0. The molecule has 0 aliphatic rings. The first-order chi connectivity index (χ1) is 12.1. The molecule has 9 heteroatoms. The van der Waals surface area contributed by atoms with Gasteiger partial charge in [-0.25, -0.2) is 4.99 Å². The van der Waals surface area contributed by atoms with Gasteiger partial charge < -0.3 is 15.4 Å². The summed E-state index contributed by atoms with van der Waals surface area (Å²) in [6, 6.07) is 7.23. The van der Waals surface area contributed by atoms with Gasteiger partial charge in [-0.1, -0.05) is 24.3 Å². The summed E-state index contributed by atoms with van der Waals surface area (Å²) < 4.78 is 41.0. The largest absolute Gasteiger partial charge is 0.411 e. The van der Waals surface area contributed by atoms with Crippen LogP contribution in [-0.2, 0) is 17.9 Å². The quantitative estimate of drug-likeness (QED) is 0.285. The molecule has 0 heterocycles. The Labute approximate surface area is 181 Å². The SMILES string of the molecule is CCNC(=NCc1ccc(COCC(F)(F)F)cc1)NCC(C)(C)SC.I. The second kappa shape index (κ2) is 12.7. The zero-order valence-corrected chi connectivity index (χ0v) is 19.3. The van der Waals surface area contributed by atoms with E-state index in [1.54, 1.807) is 23.9 Å². The van der Waals surface area contributed by atoms with E-state index in [0.717, 1.165) is 24.6 Å². The number of benzene rings is 1. The third kappa shape index (κ3) is 12.4. The molecule has 1 rings (SSSR count). The fourth-order valence-corrected chi connectivity index (χ4v) is 2.12. The number of alkyl halides is 3. The normalized spacial score (nSPS) is 12.5. The Morgan fingerprint density at radius 1 is 1.11 bits per heavy atom. The van der Waals surface area contributed by atoms with Crippen LogP contribution in [0.2, 0.25) is 0 Å². The van der Waals surface area contributed by atoms with Crippen molar-refractivity contribution in [3.05, 3.63) is 35.4 Å². The van der Waals surface area contributed by atoms with E-state index in [1.807, 2.05) is 19.1 Å². The number of halogens is 4. The molecule has 0 fully saturated rings. The van der Waals surface area contributed by atoms with Crippen molar-refractivity contribution in [3.63, 3.8) is 0 Å². The molecule has 27 heavy (non-hydrogen) atoms. The minimum atomic E-state index is -4.30. The lowest BCUT2D eigenvalue weighted by Crippen LogP contribution is -2.43. The van der Waals surface area contributed by atoms with Crippen LogP contribution in [0.25, 0.3) is 0 Å². The maximum atomic E-state index is 12.1. The summed E-state index contributed by atoms with van der Waals surface area (Å²) >= 11 is 1.78. The summed E-state index contributed by atoms with van der Waals surface area (Å²) in [5.41, 5.74) is 1.68.